The number of rotatable bonds is 2. The number of aromatic nitrogens is 1. The first-order valence-electron chi connectivity index (χ1n) is 8.03. The van der Waals surface area contributed by atoms with Crippen LogP contribution in [0, 0.1) is 5.82 Å². The first-order chi connectivity index (χ1) is 12.9. The molecular weight excluding hydrogens is 373 g/mol. The van der Waals surface area contributed by atoms with Crippen molar-refractivity contribution in [3.8, 4) is 5.75 Å². The van der Waals surface area contributed by atoms with Gasteiger partial charge in [0.2, 0.25) is 0 Å². The molecule has 1 N–H and O–H groups in total. The molecule has 1 aliphatic rings. The zero-order valence-corrected chi connectivity index (χ0v) is 14.9. The van der Waals surface area contributed by atoms with Crippen molar-refractivity contribution in [2.24, 2.45) is 0 Å². The van der Waals surface area contributed by atoms with Crippen molar-refractivity contribution in [3.05, 3.63) is 59.0 Å². The van der Waals surface area contributed by atoms with Crippen LogP contribution < -0.4 is 15.0 Å². The van der Waals surface area contributed by atoms with Gasteiger partial charge < -0.3 is 15.0 Å². The minimum Gasteiger partial charge on any atom is -0.479 e. The maximum atomic E-state index is 13.3. The van der Waals surface area contributed by atoms with Gasteiger partial charge in [0.25, 0.3) is 11.8 Å². The second-order valence-electron chi connectivity index (χ2n) is 6.01. The molecule has 0 radical (unpaired) electrons. The number of likely N-dealkylation sites (N-methyl/N-ethyl adjacent to an activating group) is 1. The predicted molar refractivity (Wildman–Crippen MR) is 100 cm³/mol. The number of halogens is 2. The Morgan fingerprint density at radius 3 is 2.93 bits per heavy atom. The number of ether oxygens (including phenoxy) is 1. The summed E-state index contributed by atoms with van der Waals surface area (Å²) in [5, 5.41) is 3.29. The fourth-order valence-electron chi connectivity index (χ4n) is 2.87. The Labute approximate surface area is 158 Å². The quantitative estimate of drug-likeness (QED) is 0.684. The largest absolute Gasteiger partial charge is 0.479 e. The standard InChI is InChI=1S/C19H13ClFN3O3/c1-24-15-4-2-3-13(17(15)27-9-16(24)25)23-19(26)12-7-10-5-6-11(21)8-14(10)22-18(12)20/h2-8H,9H2,1H3,(H,23,26). The molecule has 2 amide bonds. The van der Waals surface area contributed by atoms with E-state index < -0.39 is 11.7 Å². The Kier molecular flexibility index (Phi) is 4.16. The van der Waals surface area contributed by atoms with E-state index in [9.17, 15) is 14.0 Å². The Hall–Kier alpha value is -3.19. The maximum absolute atomic E-state index is 13.3. The van der Waals surface area contributed by atoms with E-state index in [2.05, 4.69) is 10.3 Å². The second kappa shape index (κ2) is 6.51. The molecule has 2 aromatic carbocycles. The Morgan fingerprint density at radius 2 is 2.11 bits per heavy atom. The molecule has 3 aromatic rings. The lowest BCUT2D eigenvalue weighted by atomic mass is 10.1. The number of carbonyl (C=O) groups is 2. The highest BCUT2D eigenvalue weighted by Gasteiger charge is 2.25. The first kappa shape index (κ1) is 17.2. The van der Waals surface area contributed by atoms with Gasteiger partial charge in [-0.25, -0.2) is 9.37 Å². The zero-order chi connectivity index (χ0) is 19.1. The van der Waals surface area contributed by atoms with Gasteiger partial charge in [0.15, 0.2) is 12.4 Å². The van der Waals surface area contributed by atoms with Gasteiger partial charge in [0, 0.05) is 18.5 Å². The van der Waals surface area contributed by atoms with E-state index in [-0.39, 0.29) is 23.2 Å². The predicted octanol–water partition coefficient (Wildman–Crippen LogP) is 3.63. The SMILES string of the molecule is CN1C(=O)COc2c(NC(=O)c3cc4ccc(F)cc4nc3Cl)cccc21. The monoisotopic (exact) mass is 385 g/mol. The molecular formula is C19H13ClFN3O3. The Morgan fingerprint density at radius 1 is 1.30 bits per heavy atom. The van der Waals surface area contributed by atoms with Crippen LogP contribution >= 0.6 is 11.6 Å². The Balaban J connectivity index is 1.69. The zero-order valence-electron chi connectivity index (χ0n) is 14.1. The lowest BCUT2D eigenvalue weighted by Crippen LogP contribution is -2.35. The Bertz CT molecular complexity index is 1100. The van der Waals surface area contributed by atoms with Crippen LogP contribution in [0.1, 0.15) is 10.4 Å². The highest BCUT2D eigenvalue weighted by Crippen LogP contribution is 2.38. The summed E-state index contributed by atoms with van der Waals surface area (Å²) in [7, 11) is 1.64. The summed E-state index contributed by atoms with van der Waals surface area (Å²) in [5.74, 6) is -0.704. The third-order valence-corrected chi connectivity index (χ3v) is 4.58. The van der Waals surface area contributed by atoms with Gasteiger partial charge >= 0.3 is 0 Å². The van der Waals surface area contributed by atoms with Crippen molar-refractivity contribution >= 4 is 45.7 Å². The summed E-state index contributed by atoms with van der Waals surface area (Å²) in [6.07, 6.45) is 0. The average molecular weight is 386 g/mol. The highest BCUT2D eigenvalue weighted by atomic mass is 35.5. The normalized spacial score (nSPS) is 13.3. The molecule has 8 heteroatoms. The first-order valence-corrected chi connectivity index (χ1v) is 8.41. The number of amides is 2. The van der Waals surface area contributed by atoms with Gasteiger partial charge in [-0.05, 0) is 30.3 Å². The van der Waals surface area contributed by atoms with Crippen LogP contribution in [-0.4, -0.2) is 30.5 Å². The lowest BCUT2D eigenvalue weighted by Gasteiger charge is -2.27. The van der Waals surface area contributed by atoms with Crippen molar-refractivity contribution in [2.45, 2.75) is 0 Å². The highest BCUT2D eigenvalue weighted by molar-refractivity contribution is 6.34. The van der Waals surface area contributed by atoms with Gasteiger partial charge in [-0.2, -0.15) is 0 Å². The molecule has 0 spiro atoms. The van der Waals surface area contributed by atoms with Crippen molar-refractivity contribution in [2.75, 3.05) is 23.9 Å². The van der Waals surface area contributed by atoms with Gasteiger partial charge in [0.05, 0.1) is 22.5 Å². The molecule has 0 saturated heterocycles. The second-order valence-corrected chi connectivity index (χ2v) is 6.37. The molecule has 1 aliphatic heterocycles. The van der Waals surface area contributed by atoms with Gasteiger partial charge in [-0.1, -0.05) is 17.7 Å². The van der Waals surface area contributed by atoms with Crippen LogP contribution in [0.3, 0.4) is 0 Å². The molecule has 6 nitrogen and oxygen atoms in total. The number of fused-ring (bicyclic) bond motifs is 2. The number of benzene rings is 2. The third-order valence-electron chi connectivity index (χ3n) is 4.30. The van der Waals surface area contributed by atoms with Crippen molar-refractivity contribution in [3.63, 3.8) is 0 Å². The van der Waals surface area contributed by atoms with Crippen LogP contribution in [0.2, 0.25) is 5.15 Å². The minimum absolute atomic E-state index is 0.0383. The maximum Gasteiger partial charge on any atom is 0.264 e. The van der Waals surface area contributed by atoms with Gasteiger partial charge in [-0.15, -0.1) is 0 Å². The van der Waals surface area contributed by atoms with E-state index in [0.717, 1.165) is 0 Å². The summed E-state index contributed by atoms with van der Waals surface area (Å²) >= 11 is 6.12. The van der Waals surface area contributed by atoms with E-state index in [1.165, 1.54) is 23.1 Å². The number of hydrogen-bond acceptors (Lipinski definition) is 4. The van der Waals surface area contributed by atoms with Gasteiger partial charge in [-0.3, -0.25) is 9.59 Å². The van der Waals surface area contributed by atoms with Crippen LogP contribution in [0.4, 0.5) is 15.8 Å². The number of para-hydroxylation sites is 1. The molecule has 0 atom stereocenters. The van der Waals surface area contributed by atoms with E-state index in [0.29, 0.717) is 28.0 Å². The molecule has 27 heavy (non-hydrogen) atoms. The summed E-state index contributed by atoms with van der Waals surface area (Å²) in [6, 6.07) is 10.7. The molecule has 0 fully saturated rings. The van der Waals surface area contributed by atoms with E-state index in [1.807, 2.05) is 0 Å². The molecule has 0 unspecified atom stereocenters. The summed E-state index contributed by atoms with van der Waals surface area (Å²) < 4.78 is 18.8. The van der Waals surface area contributed by atoms with Crippen LogP contribution in [-0.2, 0) is 4.79 Å². The number of nitrogens with one attached hydrogen (secondary N) is 1. The van der Waals surface area contributed by atoms with Crippen LogP contribution in [0.15, 0.2) is 42.5 Å². The molecule has 0 saturated carbocycles. The van der Waals surface area contributed by atoms with Crippen molar-refractivity contribution in [1.82, 2.24) is 4.98 Å². The molecule has 1 aromatic heterocycles. The number of anilines is 2. The smallest absolute Gasteiger partial charge is 0.264 e. The number of hydrogen-bond donors (Lipinski definition) is 1. The summed E-state index contributed by atoms with van der Waals surface area (Å²) in [4.78, 5) is 30.1. The average Bonchev–Trinajstić information content (AvgIpc) is 2.64. The van der Waals surface area contributed by atoms with Crippen LogP contribution in [0.25, 0.3) is 10.9 Å². The fourth-order valence-corrected chi connectivity index (χ4v) is 3.10. The van der Waals surface area contributed by atoms with Crippen molar-refractivity contribution in [1.29, 1.82) is 0 Å². The number of carbonyl (C=O) groups excluding carboxylic acids is 2. The third kappa shape index (κ3) is 3.06. The number of pyridine rings is 1. The number of nitrogens with zero attached hydrogens (tertiary/aromatic N) is 2. The summed E-state index contributed by atoms with van der Waals surface area (Å²) in [6.45, 7) is -0.111. The van der Waals surface area contributed by atoms with Crippen molar-refractivity contribution < 1.29 is 18.7 Å². The van der Waals surface area contributed by atoms with Crippen LogP contribution in [0.5, 0.6) is 5.75 Å². The minimum atomic E-state index is -0.490. The summed E-state index contributed by atoms with van der Waals surface area (Å²) in [5.41, 5.74) is 1.47. The van der Waals surface area contributed by atoms with E-state index in [4.69, 9.17) is 16.3 Å². The topological polar surface area (TPSA) is 71.5 Å². The van der Waals surface area contributed by atoms with Gasteiger partial charge in [0.1, 0.15) is 11.0 Å². The lowest BCUT2D eigenvalue weighted by molar-refractivity contribution is -0.120. The molecule has 0 aliphatic carbocycles. The molecule has 2 heterocycles. The molecule has 4 rings (SSSR count). The fraction of sp³-hybridized carbons (Fsp3) is 0.105. The van der Waals surface area contributed by atoms with E-state index >= 15 is 0 Å². The molecule has 0 bridgehead atoms. The molecule has 136 valence electrons. The van der Waals surface area contributed by atoms with E-state index in [1.54, 1.807) is 31.3 Å².